The van der Waals surface area contributed by atoms with Gasteiger partial charge in [-0.1, -0.05) is 37.3 Å². The summed E-state index contributed by atoms with van der Waals surface area (Å²) in [4.78, 5) is 25.6. The Morgan fingerprint density at radius 1 is 1.43 bits per heavy atom. The molecule has 3 atom stereocenters. The number of rotatable bonds is 4. The number of hydrogen-bond donors (Lipinski definition) is 3. The van der Waals surface area contributed by atoms with Crippen molar-refractivity contribution >= 4 is 11.9 Å². The summed E-state index contributed by atoms with van der Waals surface area (Å²) < 4.78 is 0. The second kappa shape index (κ2) is 6.58. The van der Waals surface area contributed by atoms with Gasteiger partial charge in [-0.3, -0.25) is 4.79 Å². The number of carbonyl (C=O) groups is 2. The Labute approximate surface area is 123 Å². The highest BCUT2D eigenvalue weighted by molar-refractivity contribution is 5.88. The summed E-state index contributed by atoms with van der Waals surface area (Å²) in [6.07, 6.45) is 0.842. The van der Waals surface area contributed by atoms with Crippen LogP contribution in [-0.4, -0.2) is 41.1 Å². The van der Waals surface area contributed by atoms with Crippen LogP contribution < -0.4 is 11.1 Å². The highest BCUT2D eigenvalue weighted by Crippen LogP contribution is 2.27. The molecule has 1 saturated heterocycles. The number of nitrogens with one attached hydrogen (secondary N) is 1. The fourth-order valence-electron chi connectivity index (χ4n) is 2.80. The average molecular weight is 291 g/mol. The lowest BCUT2D eigenvalue weighted by Gasteiger charge is -2.29. The fraction of sp³-hybridized carbons (Fsp3) is 0.467. The van der Waals surface area contributed by atoms with Crippen LogP contribution in [0.1, 0.15) is 24.9 Å². The van der Waals surface area contributed by atoms with Crippen molar-refractivity contribution in [1.82, 2.24) is 10.2 Å². The third-order valence-electron chi connectivity index (χ3n) is 4.02. The Morgan fingerprint density at radius 3 is 2.67 bits per heavy atom. The summed E-state index contributed by atoms with van der Waals surface area (Å²) in [5.74, 6) is 0.00681. The molecule has 1 aromatic carbocycles. The summed E-state index contributed by atoms with van der Waals surface area (Å²) in [7, 11) is 0. The molecule has 6 nitrogen and oxygen atoms in total. The van der Waals surface area contributed by atoms with Crippen LogP contribution in [0.25, 0.3) is 0 Å². The zero-order chi connectivity index (χ0) is 15.4. The van der Waals surface area contributed by atoms with E-state index in [0.717, 1.165) is 6.42 Å². The monoisotopic (exact) mass is 291 g/mol. The third kappa shape index (κ3) is 3.33. The number of nitrogens with two attached hydrogens (primary N) is 1. The van der Waals surface area contributed by atoms with Gasteiger partial charge in [-0.05, 0) is 17.9 Å². The molecule has 0 bridgehead atoms. The molecule has 0 spiro atoms. The van der Waals surface area contributed by atoms with Gasteiger partial charge in [0.05, 0.1) is 12.6 Å². The first kappa shape index (κ1) is 15.3. The zero-order valence-electron chi connectivity index (χ0n) is 12.0. The molecule has 3 amide bonds. The van der Waals surface area contributed by atoms with E-state index in [1.165, 1.54) is 0 Å². The summed E-state index contributed by atoms with van der Waals surface area (Å²) in [6, 6.07) is 7.20. The van der Waals surface area contributed by atoms with Crippen molar-refractivity contribution in [1.29, 1.82) is 0 Å². The molecule has 3 unspecified atom stereocenters. The van der Waals surface area contributed by atoms with Crippen molar-refractivity contribution in [3.05, 3.63) is 35.9 Å². The molecule has 1 aliphatic heterocycles. The van der Waals surface area contributed by atoms with E-state index in [1.54, 1.807) is 29.2 Å². The molecule has 1 aliphatic rings. The maximum atomic E-state index is 12.7. The number of likely N-dealkylation sites (tertiary alicyclic amines) is 1. The number of amides is 3. The van der Waals surface area contributed by atoms with Crippen LogP contribution in [0.3, 0.4) is 0 Å². The molecular formula is C15H21N3O3. The second-order valence-corrected chi connectivity index (χ2v) is 5.40. The minimum absolute atomic E-state index is 0.0784. The molecule has 2 rings (SSSR count). The van der Waals surface area contributed by atoms with Gasteiger partial charge < -0.3 is 21.1 Å². The van der Waals surface area contributed by atoms with Crippen molar-refractivity contribution in [3.63, 3.8) is 0 Å². The zero-order valence-corrected chi connectivity index (χ0v) is 12.0. The number of aliphatic hydroxyl groups excluding tert-OH is 1. The van der Waals surface area contributed by atoms with Crippen LogP contribution in [0.2, 0.25) is 0 Å². The quantitative estimate of drug-likeness (QED) is 0.759. The summed E-state index contributed by atoms with van der Waals surface area (Å²) in [5.41, 5.74) is 5.87. The minimum atomic E-state index is -0.817. The molecule has 114 valence electrons. The third-order valence-corrected chi connectivity index (χ3v) is 4.02. The SMILES string of the molecule is CC1CCN(C(=O)C(NC(N)=O)c2ccccc2)C1CO. The molecule has 0 radical (unpaired) electrons. The van der Waals surface area contributed by atoms with Crippen LogP contribution in [0, 0.1) is 5.92 Å². The average Bonchev–Trinajstić information content (AvgIpc) is 2.85. The van der Waals surface area contributed by atoms with Crippen LogP contribution in [0.15, 0.2) is 30.3 Å². The maximum Gasteiger partial charge on any atom is 0.313 e. The summed E-state index contributed by atoms with van der Waals surface area (Å²) in [6.45, 7) is 2.51. The van der Waals surface area contributed by atoms with Crippen molar-refractivity contribution in [3.8, 4) is 0 Å². The number of benzene rings is 1. The lowest BCUT2D eigenvalue weighted by molar-refractivity contribution is -0.135. The highest BCUT2D eigenvalue weighted by atomic mass is 16.3. The van der Waals surface area contributed by atoms with E-state index in [1.807, 2.05) is 13.0 Å². The van der Waals surface area contributed by atoms with Gasteiger partial charge in [-0.25, -0.2) is 4.79 Å². The van der Waals surface area contributed by atoms with E-state index in [9.17, 15) is 14.7 Å². The molecule has 21 heavy (non-hydrogen) atoms. The predicted molar refractivity (Wildman–Crippen MR) is 78.3 cm³/mol. The van der Waals surface area contributed by atoms with Gasteiger partial charge in [0.2, 0.25) is 5.91 Å². The van der Waals surface area contributed by atoms with Gasteiger partial charge in [0.1, 0.15) is 6.04 Å². The molecule has 0 aliphatic carbocycles. The molecular weight excluding hydrogens is 270 g/mol. The first-order chi connectivity index (χ1) is 10.0. The van der Waals surface area contributed by atoms with E-state index >= 15 is 0 Å². The lowest BCUT2D eigenvalue weighted by Crippen LogP contribution is -2.48. The smallest absolute Gasteiger partial charge is 0.313 e. The van der Waals surface area contributed by atoms with Gasteiger partial charge in [0.25, 0.3) is 0 Å². The Bertz CT molecular complexity index is 506. The first-order valence-electron chi connectivity index (χ1n) is 7.07. The van der Waals surface area contributed by atoms with Gasteiger partial charge in [-0.15, -0.1) is 0 Å². The number of carbonyl (C=O) groups excluding carboxylic acids is 2. The Morgan fingerprint density at radius 2 is 2.10 bits per heavy atom. The normalized spacial score (nSPS) is 22.9. The van der Waals surface area contributed by atoms with E-state index < -0.39 is 12.1 Å². The largest absolute Gasteiger partial charge is 0.394 e. The molecule has 4 N–H and O–H groups in total. The van der Waals surface area contributed by atoms with Crippen LogP contribution in [0.4, 0.5) is 4.79 Å². The Hall–Kier alpha value is -2.08. The lowest BCUT2D eigenvalue weighted by atomic mass is 10.0. The molecule has 1 aromatic rings. The van der Waals surface area contributed by atoms with E-state index in [-0.39, 0.29) is 24.5 Å². The molecule has 1 fully saturated rings. The first-order valence-corrected chi connectivity index (χ1v) is 7.07. The number of aliphatic hydroxyl groups is 1. The minimum Gasteiger partial charge on any atom is -0.394 e. The van der Waals surface area contributed by atoms with E-state index in [2.05, 4.69) is 5.32 Å². The number of nitrogens with zero attached hydrogens (tertiary/aromatic N) is 1. The van der Waals surface area contributed by atoms with Gasteiger partial charge >= 0.3 is 6.03 Å². The van der Waals surface area contributed by atoms with Gasteiger partial charge in [0.15, 0.2) is 0 Å². The topological polar surface area (TPSA) is 95.7 Å². The van der Waals surface area contributed by atoms with Crippen molar-refractivity contribution < 1.29 is 14.7 Å². The second-order valence-electron chi connectivity index (χ2n) is 5.40. The van der Waals surface area contributed by atoms with Crippen molar-refractivity contribution in [2.45, 2.75) is 25.4 Å². The highest BCUT2D eigenvalue weighted by Gasteiger charge is 2.37. The Balaban J connectivity index is 2.24. The molecule has 1 heterocycles. The standard InChI is InChI=1S/C15H21N3O3/c1-10-7-8-18(12(10)9-19)14(20)13(17-15(16)21)11-5-3-2-4-6-11/h2-6,10,12-13,19H,7-9H2,1H3,(H3,16,17,21). The molecule has 6 heteroatoms. The fourth-order valence-corrected chi connectivity index (χ4v) is 2.80. The number of hydrogen-bond acceptors (Lipinski definition) is 3. The number of primary amides is 1. The summed E-state index contributed by atoms with van der Waals surface area (Å²) >= 11 is 0. The van der Waals surface area contributed by atoms with Crippen molar-refractivity contribution in [2.24, 2.45) is 11.7 Å². The predicted octanol–water partition coefficient (Wildman–Crippen LogP) is 0.625. The van der Waals surface area contributed by atoms with E-state index in [4.69, 9.17) is 5.73 Å². The van der Waals surface area contributed by atoms with Gasteiger partial charge in [0, 0.05) is 6.54 Å². The van der Waals surface area contributed by atoms with Crippen molar-refractivity contribution in [2.75, 3.05) is 13.2 Å². The van der Waals surface area contributed by atoms with Crippen LogP contribution in [-0.2, 0) is 4.79 Å². The van der Waals surface area contributed by atoms with Gasteiger partial charge in [-0.2, -0.15) is 0 Å². The Kier molecular flexibility index (Phi) is 4.80. The molecule has 0 saturated carbocycles. The number of urea groups is 1. The summed E-state index contributed by atoms with van der Waals surface area (Å²) in [5, 5.41) is 12.0. The van der Waals surface area contributed by atoms with Crippen LogP contribution in [0.5, 0.6) is 0 Å². The molecule has 0 aromatic heterocycles. The van der Waals surface area contributed by atoms with E-state index in [0.29, 0.717) is 12.1 Å². The van der Waals surface area contributed by atoms with Crippen LogP contribution >= 0.6 is 0 Å². The maximum absolute atomic E-state index is 12.7.